The Bertz CT molecular complexity index is 579. The Balaban J connectivity index is 1.74. The molecule has 1 atom stereocenters. The van der Waals surface area contributed by atoms with Crippen LogP contribution in [0.25, 0.3) is 0 Å². The first-order valence-corrected chi connectivity index (χ1v) is 8.15. The lowest BCUT2D eigenvalue weighted by Crippen LogP contribution is -2.14. The molecule has 0 saturated carbocycles. The predicted molar refractivity (Wildman–Crippen MR) is 93.5 cm³/mol. The Labute approximate surface area is 134 Å². The largest absolute Gasteiger partial charge is 0.494 e. The van der Waals surface area contributed by atoms with Crippen LogP contribution in [0.2, 0.25) is 0 Å². The summed E-state index contributed by atoms with van der Waals surface area (Å²) in [5.41, 5.74) is 9.94. The average Bonchev–Trinajstić information content (AvgIpc) is 2.52. The van der Waals surface area contributed by atoms with Crippen LogP contribution in [0.15, 0.2) is 48.5 Å². The Morgan fingerprint density at radius 1 is 1.00 bits per heavy atom. The van der Waals surface area contributed by atoms with Crippen molar-refractivity contribution in [1.82, 2.24) is 0 Å². The first kappa shape index (κ1) is 16.6. The van der Waals surface area contributed by atoms with Gasteiger partial charge >= 0.3 is 0 Å². The molecule has 2 N–H and O–H groups in total. The van der Waals surface area contributed by atoms with Crippen LogP contribution >= 0.6 is 0 Å². The third-order valence-electron chi connectivity index (χ3n) is 4.12. The van der Waals surface area contributed by atoms with Gasteiger partial charge in [0.25, 0.3) is 0 Å². The number of nitrogens with two attached hydrogens (primary N) is 1. The van der Waals surface area contributed by atoms with Crippen molar-refractivity contribution >= 4 is 0 Å². The molecule has 2 heteroatoms. The van der Waals surface area contributed by atoms with Crippen LogP contribution in [0.5, 0.6) is 5.75 Å². The molecule has 1 unspecified atom stereocenters. The summed E-state index contributed by atoms with van der Waals surface area (Å²) < 4.78 is 5.80. The summed E-state index contributed by atoms with van der Waals surface area (Å²) in [5.74, 6) is 1.43. The van der Waals surface area contributed by atoms with Crippen LogP contribution in [0.1, 0.15) is 41.9 Å². The van der Waals surface area contributed by atoms with Crippen LogP contribution in [-0.4, -0.2) is 13.2 Å². The van der Waals surface area contributed by atoms with Crippen LogP contribution < -0.4 is 10.5 Å². The zero-order chi connectivity index (χ0) is 15.8. The fourth-order valence-electron chi connectivity index (χ4n) is 2.83. The minimum Gasteiger partial charge on any atom is -0.494 e. The van der Waals surface area contributed by atoms with Crippen molar-refractivity contribution < 1.29 is 4.74 Å². The molecular weight excluding hydrogens is 270 g/mol. The van der Waals surface area contributed by atoms with Gasteiger partial charge in [-0.05, 0) is 74.4 Å². The third kappa shape index (κ3) is 4.88. The second kappa shape index (κ2) is 8.60. The molecule has 0 aromatic heterocycles. The number of aryl methyl sites for hydroxylation is 2. The normalized spacial score (nSPS) is 12.1. The van der Waals surface area contributed by atoms with Gasteiger partial charge in [0, 0.05) is 0 Å². The Hall–Kier alpha value is -1.80. The lowest BCUT2D eigenvalue weighted by atomic mass is 9.90. The molecular formula is C20H27NO. The first-order valence-electron chi connectivity index (χ1n) is 8.15. The van der Waals surface area contributed by atoms with Gasteiger partial charge in [0.05, 0.1) is 6.61 Å². The quantitative estimate of drug-likeness (QED) is 0.723. The molecule has 0 aliphatic rings. The third-order valence-corrected chi connectivity index (χ3v) is 4.12. The van der Waals surface area contributed by atoms with Crippen molar-refractivity contribution in [2.24, 2.45) is 5.73 Å². The van der Waals surface area contributed by atoms with E-state index in [2.05, 4.69) is 50.2 Å². The van der Waals surface area contributed by atoms with Crippen molar-refractivity contribution in [3.05, 3.63) is 65.2 Å². The van der Waals surface area contributed by atoms with E-state index in [1.807, 2.05) is 12.1 Å². The van der Waals surface area contributed by atoms with E-state index in [1.165, 1.54) is 16.7 Å². The Kier molecular flexibility index (Phi) is 6.47. The number of rotatable bonds is 8. The molecule has 118 valence electrons. The highest BCUT2D eigenvalue weighted by atomic mass is 16.5. The second-order valence-electron chi connectivity index (χ2n) is 5.95. The highest BCUT2D eigenvalue weighted by Gasteiger charge is 2.11. The predicted octanol–water partition coefficient (Wildman–Crippen LogP) is 4.60. The molecule has 0 amide bonds. The number of ether oxygens (including phenoxy) is 1. The second-order valence-corrected chi connectivity index (χ2v) is 5.95. The topological polar surface area (TPSA) is 35.2 Å². The van der Waals surface area contributed by atoms with E-state index >= 15 is 0 Å². The molecule has 0 radical (unpaired) electrons. The highest BCUT2D eigenvalue weighted by Crippen LogP contribution is 2.24. The minimum atomic E-state index is 0.458. The summed E-state index contributed by atoms with van der Waals surface area (Å²) in [6.45, 7) is 5.73. The maximum atomic E-state index is 5.96. The van der Waals surface area contributed by atoms with Crippen LogP contribution in [0.4, 0.5) is 0 Å². The van der Waals surface area contributed by atoms with Gasteiger partial charge in [-0.1, -0.05) is 36.4 Å². The molecule has 0 aliphatic heterocycles. The lowest BCUT2D eigenvalue weighted by molar-refractivity contribution is 0.303. The molecule has 2 rings (SSSR count). The molecule has 22 heavy (non-hydrogen) atoms. The van der Waals surface area contributed by atoms with Crippen LogP contribution in [0, 0.1) is 13.8 Å². The van der Waals surface area contributed by atoms with Gasteiger partial charge in [-0.2, -0.15) is 0 Å². The van der Waals surface area contributed by atoms with E-state index in [0.29, 0.717) is 12.5 Å². The monoisotopic (exact) mass is 297 g/mol. The van der Waals surface area contributed by atoms with E-state index in [1.54, 1.807) is 0 Å². The van der Waals surface area contributed by atoms with Gasteiger partial charge in [-0.25, -0.2) is 0 Å². The minimum absolute atomic E-state index is 0.458. The van der Waals surface area contributed by atoms with Crippen molar-refractivity contribution in [3.63, 3.8) is 0 Å². The first-order chi connectivity index (χ1) is 10.7. The van der Waals surface area contributed by atoms with Gasteiger partial charge in [0.2, 0.25) is 0 Å². The average molecular weight is 297 g/mol. The zero-order valence-corrected chi connectivity index (χ0v) is 13.7. The van der Waals surface area contributed by atoms with Crippen molar-refractivity contribution in [1.29, 1.82) is 0 Å². The van der Waals surface area contributed by atoms with E-state index in [0.717, 1.165) is 31.6 Å². The number of unbranched alkanes of at least 4 members (excludes halogenated alkanes) is 1. The van der Waals surface area contributed by atoms with Gasteiger partial charge in [-0.3, -0.25) is 0 Å². The maximum absolute atomic E-state index is 5.96. The number of benzene rings is 2. The molecule has 0 bridgehead atoms. The smallest absolute Gasteiger partial charge is 0.119 e. The SMILES string of the molecule is Cc1cccc(OCCCCC(CN)c2ccccc2C)c1. The Morgan fingerprint density at radius 2 is 1.82 bits per heavy atom. The van der Waals surface area contributed by atoms with E-state index in [9.17, 15) is 0 Å². The highest BCUT2D eigenvalue weighted by molar-refractivity contribution is 5.29. The zero-order valence-electron chi connectivity index (χ0n) is 13.7. The molecule has 0 saturated heterocycles. The van der Waals surface area contributed by atoms with Crippen molar-refractivity contribution in [2.75, 3.05) is 13.2 Å². The summed E-state index contributed by atoms with van der Waals surface area (Å²) >= 11 is 0. The van der Waals surface area contributed by atoms with E-state index in [4.69, 9.17) is 10.5 Å². The van der Waals surface area contributed by atoms with Crippen LogP contribution in [0.3, 0.4) is 0 Å². The summed E-state index contributed by atoms with van der Waals surface area (Å²) in [4.78, 5) is 0. The molecule has 2 aromatic rings. The van der Waals surface area contributed by atoms with Crippen molar-refractivity contribution in [3.8, 4) is 5.75 Å². The maximum Gasteiger partial charge on any atom is 0.119 e. The van der Waals surface area contributed by atoms with E-state index < -0.39 is 0 Å². The van der Waals surface area contributed by atoms with Gasteiger partial charge in [-0.15, -0.1) is 0 Å². The fraction of sp³-hybridized carbons (Fsp3) is 0.400. The molecule has 0 spiro atoms. The van der Waals surface area contributed by atoms with Gasteiger partial charge in [0.15, 0.2) is 0 Å². The molecule has 0 aliphatic carbocycles. The number of hydrogen-bond acceptors (Lipinski definition) is 2. The molecule has 2 nitrogen and oxygen atoms in total. The van der Waals surface area contributed by atoms with Gasteiger partial charge < -0.3 is 10.5 Å². The number of hydrogen-bond donors (Lipinski definition) is 1. The van der Waals surface area contributed by atoms with Crippen LogP contribution in [-0.2, 0) is 0 Å². The standard InChI is InChI=1S/C20H27NO/c1-16-8-7-11-19(14-16)22-13-6-5-10-18(15-21)20-12-4-3-9-17(20)2/h3-4,7-9,11-12,14,18H,5-6,10,13,15,21H2,1-2H3. The summed E-state index contributed by atoms with van der Waals surface area (Å²) in [5, 5.41) is 0. The lowest BCUT2D eigenvalue weighted by Gasteiger charge is -2.17. The molecule has 0 heterocycles. The van der Waals surface area contributed by atoms with Crippen molar-refractivity contribution in [2.45, 2.75) is 39.0 Å². The molecule has 0 fully saturated rings. The van der Waals surface area contributed by atoms with E-state index in [-0.39, 0.29) is 0 Å². The fourth-order valence-corrected chi connectivity index (χ4v) is 2.83. The summed E-state index contributed by atoms with van der Waals surface area (Å²) in [6, 6.07) is 16.8. The van der Waals surface area contributed by atoms with Gasteiger partial charge in [0.1, 0.15) is 5.75 Å². The summed E-state index contributed by atoms with van der Waals surface area (Å²) in [7, 11) is 0. The molecule has 2 aromatic carbocycles. The summed E-state index contributed by atoms with van der Waals surface area (Å²) in [6.07, 6.45) is 3.33. The Morgan fingerprint density at radius 3 is 2.55 bits per heavy atom.